The molecule has 0 radical (unpaired) electrons. The fourth-order valence-electron chi connectivity index (χ4n) is 6.11. The zero-order valence-electron chi connectivity index (χ0n) is 23.2. The zero-order chi connectivity index (χ0) is 27.9. The highest BCUT2D eigenvalue weighted by Gasteiger charge is 2.42. The standard InChI is InChI=1S/C32H39N3O5/c1-39-28-14-13-25-20-29(28)40-19-18-34(30(36)15-12-23-8-4-2-5-9-23)17-16-33-31(37)27-22-35(21-26(25)27)32(38)24-10-6-3-7-11-24/h2,4-5,8-9,12-15,20,24,26-27H,3,6-7,10-11,16-19,21-22H2,1H3,(H,33,37)/b15-12+/t26-,27+/m1/s1. The van der Waals surface area contributed by atoms with Gasteiger partial charge in [-0.25, -0.2) is 0 Å². The van der Waals surface area contributed by atoms with E-state index in [4.69, 9.17) is 9.47 Å². The molecule has 40 heavy (non-hydrogen) atoms. The van der Waals surface area contributed by atoms with Crippen LogP contribution in [-0.2, 0) is 14.4 Å². The molecule has 2 atom stereocenters. The van der Waals surface area contributed by atoms with Crippen LogP contribution in [0.1, 0.15) is 49.1 Å². The lowest BCUT2D eigenvalue weighted by molar-refractivity contribution is -0.136. The molecule has 1 aliphatic carbocycles. The van der Waals surface area contributed by atoms with E-state index < -0.39 is 0 Å². The van der Waals surface area contributed by atoms with E-state index in [1.165, 1.54) is 6.42 Å². The first-order valence-corrected chi connectivity index (χ1v) is 14.4. The van der Waals surface area contributed by atoms with Crippen molar-refractivity contribution in [1.82, 2.24) is 15.1 Å². The average molecular weight is 546 g/mol. The minimum atomic E-state index is -0.378. The van der Waals surface area contributed by atoms with Crippen LogP contribution < -0.4 is 14.8 Å². The first kappa shape index (κ1) is 27.7. The molecule has 0 aromatic heterocycles. The van der Waals surface area contributed by atoms with Crippen LogP contribution in [-0.4, -0.2) is 74.0 Å². The first-order chi connectivity index (χ1) is 19.5. The molecule has 3 aliphatic rings. The van der Waals surface area contributed by atoms with E-state index in [0.29, 0.717) is 44.2 Å². The number of rotatable bonds is 4. The molecule has 2 aromatic rings. The third-order valence-corrected chi connectivity index (χ3v) is 8.37. The van der Waals surface area contributed by atoms with Crippen LogP contribution in [0, 0.1) is 11.8 Å². The van der Waals surface area contributed by atoms with Gasteiger partial charge in [0.2, 0.25) is 17.7 Å². The highest BCUT2D eigenvalue weighted by Crippen LogP contribution is 2.39. The Balaban J connectivity index is 1.36. The van der Waals surface area contributed by atoms with E-state index in [1.807, 2.05) is 53.4 Å². The number of amides is 3. The van der Waals surface area contributed by atoms with Gasteiger partial charge in [0.25, 0.3) is 0 Å². The molecule has 8 nitrogen and oxygen atoms in total. The van der Waals surface area contributed by atoms with E-state index in [0.717, 1.165) is 36.8 Å². The lowest BCUT2D eigenvalue weighted by Crippen LogP contribution is -2.42. The van der Waals surface area contributed by atoms with Gasteiger partial charge in [-0.05, 0) is 42.2 Å². The van der Waals surface area contributed by atoms with Crippen molar-refractivity contribution in [2.24, 2.45) is 11.8 Å². The van der Waals surface area contributed by atoms with Gasteiger partial charge in [0.15, 0.2) is 11.5 Å². The van der Waals surface area contributed by atoms with Crippen LogP contribution in [0.25, 0.3) is 6.08 Å². The highest BCUT2D eigenvalue weighted by atomic mass is 16.5. The van der Waals surface area contributed by atoms with E-state index in [9.17, 15) is 14.4 Å². The maximum atomic E-state index is 13.5. The Morgan fingerprint density at radius 2 is 1.75 bits per heavy atom. The number of fused-ring (bicyclic) bond motifs is 4. The zero-order valence-corrected chi connectivity index (χ0v) is 23.2. The van der Waals surface area contributed by atoms with Gasteiger partial charge < -0.3 is 24.6 Å². The molecule has 2 aliphatic heterocycles. The maximum absolute atomic E-state index is 13.5. The fraction of sp³-hybridized carbons (Fsp3) is 0.469. The summed E-state index contributed by atoms with van der Waals surface area (Å²) in [6, 6.07) is 15.4. The molecule has 2 heterocycles. The molecule has 1 saturated heterocycles. The molecule has 3 amide bonds. The number of benzene rings is 2. The summed E-state index contributed by atoms with van der Waals surface area (Å²) in [5, 5.41) is 3.06. The van der Waals surface area contributed by atoms with Gasteiger partial charge in [-0.15, -0.1) is 0 Å². The molecule has 2 fully saturated rings. The smallest absolute Gasteiger partial charge is 0.246 e. The Morgan fingerprint density at radius 3 is 2.52 bits per heavy atom. The molecule has 0 unspecified atom stereocenters. The Labute approximate surface area is 236 Å². The largest absolute Gasteiger partial charge is 0.493 e. The second-order valence-electron chi connectivity index (χ2n) is 10.9. The minimum Gasteiger partial charge on any atom is -0.493 e. The van der Waals surface area contributed by atoms with E-state index in [-0.39, 0.29) is 42.1 Å². The predicted molar refractivity (Wildman–Crippen MR) is 153 cm³/mol. The summed E-state index contributed by atoms with van der Waals surface area (Å²) in [6.07, 6.45) is 8.57. The maximum Gasteiger partial charge on any atom is 0.246 e. The first-order valence-electron chi connectivity index (χ1n) is 14.4. The van der Waals surface area contributed by atoms with Crippen LogP contribution in [0.3, 0.4) is 0 Å². The molecule has 0 spiro atoms. The molecule has 212 valence electrons. The SMILES string of the molecule is COc1ccc2cc1OCCN(C(=O)/C=C/c1ccccc1)CCNC(=O)[C@H]1CN(C(=O)C3CCCCC3)C[C@H]21. The minimum absolute atomic E-state index is 0.0556. The van der Waals surface area contributed by atoms with Crippen LogP contribution in [0.5, 0.6) is 11.5 Å². The molecule has 5 rings (SSSR count). The summed E-state index contributed by atoms with van der Waals surface area (Å²) in [5.41, 5.74) is 1.89. The number of ether oxygens (including phenoxy) is 2. The Hall–Kier alpha value is -3.81. The Kier molecular flexibility index (Phi) is 9.04. The van der Waals surface area contributed by atoms with Crippen molar-refractivity contribution in [3.63, 3.8) is 0 Å². The summed E-state index contributed by atoms with van der Waals surface area (Å²) >= 11 is 0. The number of nitrogens with zero attached hydrogens (tertiary/aromatic N) is 2. The summed E-state index contributed by atoms with van der Waals surface area (Å²) in [6.45, 7) is 2.22. The van der Waals surface area contributed by atoms with Crippen LogP contribution in [0.2, 0.25) is 0 Å². The second-order valence-corrected chi connectivity index (χ2v) is 10.9. The summed E-state index contributed by atoms with van der Waals surface area (Å²) < 4.78 is 11.7. The average Bonchev–Trinajstić information content (AvgIpc) is 3.45. The molecule has 1 saturated carbocycles. The summed E-state index contributed by atoms with van der Waals surface area (Å²) in [7, 11) is 1.59. The van der Waals surface area contributed by atoms with Crippen molar-refractivity contribution >= 4 is 23.8 Å². The number of methoxy groups -OCH3 is 1. The fourth-order valence-corrected chi connectivity index (χ4v) is 6.11. The third kappa shape index (κ3) is 6.49. The van der Waals surface area contributed by atoms with Crippen molar-refractivity contribution in [3.8, 4) is 11.5 Å². The van der Waals surface area contributed by atoms with Crippen LogP contribution >= 0.6 is 0 Å². The Morgan fingerprint density at radius 1 is 0.975 bits per heavy atom. The monoisotopic (exact) mass is 545 g/mol. The van der Waals surface area contributed by atoms with Gasteiger partial charge in [-0.2, -0.15) is 0 Å². The lowest BCUT2D eigenvalue weighted by atomic mass is 9.88. The van der Waals surface area contributed by atoms with Crippen molar-refractivity contribution in [2.75, 3.05) is 46.4 Å². The number of hydrogen-bond acceptors (Lipinski definition) is 5. The lowest BCUT2D eigenvalue weighted by Gasteiger charge is -2.26. The summed E-state index contributed by atoms with van der Waals surface area (Å²) in [5.74, 6) is 0.629. The Bertz CT molecular complexity index is 1220. The molecule has 2 aromatic carbocycles. The van der Waals surface area contributed by atoms with E-state index in [2.05, 4.69) is 5.32 Å². The number of carbonyl (C=O) groups excluding carboxylic acids is 3. The molecule has 2 bridgehead atoms. The van der Waals surface area contributed by atoms with Crippen molar-refractivity contribution in [2.45, 2.75) is 38.0 Å². The number of likely N-dealkylation sites (tertiary alicyclic amines) is 1. The van der Waals surface area contributed by atoms with E-state index in [1.54, 1.807) is 24.2 Å². The molecule has 8 heteroatoms. The van der Waals surface area contributed by atoms with Gasteiger partial charge in [0, 0.05) is 44.1 Å². The third-order valence-electron chi connectivity index (χ3n) is 8.37. The second kappa shape index (κ2) is 13.0. The predicted octanol–water partition coefficient (Wildman–Crippen LogP) is 3.87. The number of carbonyl (C=O) groups is 3. The van der Waals surface area contributed by atoms with Crippen molar-refractivity contribution < 1.29 is 23.9 Å². The number of nitrogens with one attached hydrogen (secondary N) is 1. The van der Waals surface area contributed by atoms with Gasteiger partial charge >= 0.3 is 0 Å². The van der Waals surface area contributed by atoms with Gasteiger partial charge in [0.05, 0.1) is 19.6 Å². The van der Waals surface area contributed by atoms with Gasteiger partial charge in [0.1, 0.15) is 6.61 Å². The van der Waals surface area contributed by atoms with Gasteiger partial charge in [-0.1, -0.05) is 55.7 Å². The van der Waals surface area contributed by atoms with Crippen molar-refractivity contribution in [1.29, 1.82) is 0 Å². The summed E-state index contributed by atoms with van der Waals surface area (Å²) in [4.78, 5) is 43.6. The van der Waals surface area contributed by atoms with Crippen LogP contribution in [0.4, 0.5) is 0 Å². The van der Waals surface area contributed by atoms with E-state index >= 15 is 0 Å². The molecular formula is C32H39N3O5. The quantitative estimate of drug-likeness (QED) is 0.590. The highest BCUT2D eigenvalue weighted by molar-refractivity contribution is 5.92. The van der Waals surface area contributed by atoms with Gasteiger partial charge in [-0.3, -0.25) is 14.4 Å². The molecule has 1 N–H and O–H groups in total. The normalized spacial score (nSPS) is 22.4. The molecular weight excluding hydrogens is 506 g/mol. The van der Waals surface area contributed by atoms with Crippen molar-refractivity contribution in [3.05, 3.63) is 65.7 Å². The topological polar surface area (TPSA) is 88.2 Å². The number of hydrogen-bond donors (Lipinski definition) is 1. The van der Waals surface area contributed by atoms with Crippen LogP contribution in [0.15, 0.2) is 54.6 Å².